The van der Waals surface area contributed by atoms with Gasteiger partial charge in [-0.1, -0.05) is 18.2 Å². The van der Waals surface area contributed by atoms with Crippen LogP contribution in [-0.4, -0.2) is 67.1 Å². The minimum Gasteiger partial charge on any atom is -0.369 e. The third kappa shape index (κ3) is 5.07. The summed E-state index contributed by atoms with van der Waals surface area (Å²) in [5, 5.41) is 10.5. The van der Waals surface area contributed by atoms with Crippen LogP contribution in [0.1, 0.15) is 5.56 Å². The lowest BCUT2D eigenvalue weighted by atomic mass is 10.1. The Bertz CT molecular complexity index is 1300. The molecule has 0 bridgehead atoms. The van der Waals surface area contributed by atoms with Crippen molar-refractivity contribution in [1.29, 1.82) is 0 Å². The van der Waals surface area contributed by atoms with Crippen molar-refractivity contribution < 1.29 is 8.76 Å². The van der Waals surface area contributed by atoms with Crippen LogP contribution in [0.5, 0.6) is 0 Å². The number of hydrogen-bond acceptors (Lipinski definition) is 7. The highest BCUT2D eigenvalue weighted by Crippen LogP contribution is 2.27. The molecule has 34 heavy (non-hydrogen) atoms. The summed E-state index contributed by atoms with van der Waals surface area (Å²) >= 11 is -2.07. The molecule has 10 nitrogen and oxygen atoms in total. The first kappa shape index (κ1) is 22.4. The zero-order valence-electron chi connectivity index (χ0n) is 18.7. The van der Waals surface area contributed by atoms with Crippen LogP contribution in [0, 0.1) is 0 Å². The minimum atomic E-state index is -2.07. The third-order valence-electron chi connectivity index (χ3n) is 5.88. The number of nitrogens with zero attached hydrogens (tertiary/aromatic N) is 5. The number of nitrogens with one attached hydrogen (secondary N) is 3. The van der Waals surface area contributed by atoms with E-state index in [0.29, 0.717) is 17.2 Å². The average Bonchev–Trinajstić information content (AvgIpc) is 3.33. The van der Waals surface area contributed by atoms with E-state index in [2.05, 4.69) is 66.3 Å². The molecule has 1 saturated heterocycles. The molecule has 1 atom stereocenters. The van der Waals surface area contributed by atoms with E-state index >= 15 is 0 Å². The van der Waals surface area contributed by atoms with Crippen LogP contribution in [0.15, 0.2) is 54.7 Å². The Kier molecular flexibility index (Phi) is 6.50. The van der Waals surface area contributed by atoms with E-state index in [4.69, 9.17) is 9.54 Å². The Morgan fingerprint density at radius 1 is 1.09 bits per heavy atom. The van der Waals surface area contributed by atoms with E-state index in [9.17, 15) is 4.21 Å². The summed E-state index contributed by atoms with van der Waals surface area (Å²) in [5.74, 6) is 1.17. The molecule has 4 N–H and O–H groups in total. The number of aromatic nitrogens is 4. The lowest BCUT2D eigenvalue weighted by Crippen LogP contribution is -2.44. The Morgan fingerprint density at radius 3 is 2.65 bits per heavy atom. The molecular formula is C23H26N8O2S. The van der Waals surface area contributed by atoms with Crippen LogP contribution in [0.4, 0.5) is 17.2 Å². The van der Waals surface area contributed by atoms with Gasteiger partial charge in [-0.3, -0.25) is 9.65 Å². The summed E-state index contributed by atoms with van der Waals surface area (Å²) in [7, 11) is 2.15. The number of benzene rings is 2. The first-order chi connectivity index (χ1) is 16.5. The standard InChI is InChI=1S/C23H26N8O2S/c1-30-9-11-31(12-10-30)19-7-5-18(6-8-19)26-23-21-20(15-24-29-21)27-22(28-23)17-4-2-3-16(13-17)14-25-34(32)33/h2-8,13,15,25H,9-12,14H2,1H3,(H,24,29)(H,32,33)(H,26,27,28). The largest absolute Gasteiger partial charge is 0.369 e. The highest BCUT2D eigenvalue weighted by atomic mass is 32.2. The van der Waals surface area contributed by atoms with E-state index in [1.165, 1.54) is 5.69 Å². The number of piperazine rings is 1. The van der Waals surface area contributed by atoms with E-state index in [1.54, 1.807) is 6.20 Å². The Balaban J connectivity index is 1.39. The normalized spacial score (nSPS) is 15.5. The predicted octanol–water partition coefficient (Wildman–Crippen LogP) is 2.74. The number of fused-ring (bicyclic) bond motifs is 1. The molecule has 1 unspecified atom stereocenters. The summed E-state index contributed by atoms with van der Waals surface area (Å²) < 4.78 is 22.4. The minimum absolute atomic E-state index is 0.260. The first-order valence-electron chi connectivity index (χ1n) is 11.0. The van der Waals surface area contributed by atoms with Gasteiger partial charge in [0.05, 0.1) is 6.20 Å². The fourth-order valence-corrected chi connectivity index (χ4v) is 4.27. The summed E-state index contributed by atoms with van der Waals surface area (Å²) in [5.41, 5.74) is 5.20. The van der Waals surface area contributed by atoms with Gasteiger partial charge in [-0.05, 0) is 42.9 Å². The van der Waals surface area contributed by atoms with Gasteiger partial charge >= 0.3 is 0 Å². The fourth-order valence-electron chi connectivity index (χ4n) is 3.98. The van der Waals surface area contributed by atoms with Crippen molar-refractivity contribution in [3.63, 3.8) is 0 Å². The van der Waals surface area contributed by atoms with Gasteiger partial charge < -0.3 is 15.1 Å². The molecule has 0 amide bonds. The van der Waals surface area contributed by atoms with Gasteiger partial charge in [0.15, 0.2) is 11.6 Å². The van der Waals surface area contributed by atoms with Crippen molar-refractivity contribution in [3.05, 3.63) is 60.3 Å². The molecule has 4 aromatic rings. The molecule has 1 fully saturated rings. The highest BCUT2D eigenvalue weighted by molar-refractivity contribution is 7.77. The van der Waals surface area contributed by atoms with Gasteiger partial charge in [-0.2, -0.15) is 5.10 Å². The van der Waals surface area contributed by atoms with Gasteiger partial charge in [0.1, 0.15) is 11.0 Å². The molecule has 5 rings (SSSR count). The molecule has 0 spiro atoms. The number of H-pyrrole nitrogens is 1. The van der Waals surface area contributed by atoms with Gasteiger partial charge in [0.2, 0.25) is 11.3 Å². The number of hydrogen-bond donors (Lipinski definition) is 4. The maximum Gasteiger partial charge on any atom is 0.232 e. The highest BCUT2D eigenvalue weighted by Gasteiger charge is 2.15. The summed E-state index contributed by atoms with van der Waals surface area (Å²) in [6.07, 6.45) is 1.67. The molecule has 0 aliphatic carbocycles. The molecule has 2 aromatic heterocycles. The fraction of sp³-hybridized carbons (Fsp3) is 0.261. The number of aromatic amines is 1. The number of likely N-dealkylation sites (N-methyl/N-ethyl adjacent to an activating group) is 1. The van der Waals surface area contributed by atoms with Crippen LogP contribution in [0.2, 0.25) is 0 Å². The Labute approximate surface area is 199 Å². The monoisotopic (exact) mass is 478 g/mol. The molecule has 3 heterocycles. The molecule has 1 aliphatic heterocycles. The van der Waals surface area contributed by atoms with Crippen molar-refractivity contribution in [3.8, 4) is 11.4 Å². The topological polar surface area (TPSA) is 122 Å². The van der Waals surface area contributed by atoms with E-state index in [0.717, 1.165) is 48.5 Å². The summed E-state index contributed by atoms with van der Waals surface area (Å²) in [6.45, 7) is 4.44. The average molecular weight is 479 g/mol. The predicted molar refractivity (Wildman–Crippen MR) is 134 cm³/mol. The van der Waals surface area contributed by atoms with Gasteiger partial charge in [0, 0.05) is 49.7 Å². The zero-order valence-corrected chi connectivity index (χ0v) is 19.5. The SMILES string of the molecule is CN1CCN(c2ccc(Nc3nc(-c4cccc(CNS(=O)O)c4)nc4cn[nH]c34)cc2)CC1. The van der Waals surface area contributed by atoms with Crippen LogP contribution in [0.25, 0.3) is 22.4 Å². The molecule has 11 heteroatoms. The Hall–Kier alpha value is -3.38. The van der Waals surface area contributed by atoms with E-state index < -0.39 is 11.3 Å². The lowest BCUT2D eigenvalue weighted by molar-refractivity contribution is 0.313. The second-order valence-corrected chi connectivity index (χ2v) is 9.05. The third-order valence-corrected chi connectivity index (χ3v) is 6.27. The first-order valence-corrected chi connectivity index (χ1v) is 12.1. The van der Waals surface area contributed by atoms with Crippen molar-refractivity contribution in [2.24, 2.45) is 0 Å². The maximum atomic E-state index is 10.9. The quantitative estimate of drug-likeness (QED) is 0.299. The molecule has 0 saturated carbocycles. The lowest BCUT2D eigenvalue weighted by Gasteiger charge is -2.34. The number of anilines is 3. The smallest absolute Gasteiger partial charge is 0.232 e. The van der Waals surface area contributed by atoms with Crippen LogP contribution in [0.3, 0.4) is 0 Å². The number of rotatable bonds is 7. The molecular weight excluding hydrogens is 452 g/mol. The second kappa shape index (κ2) is 9.85. The summed E-state index contributed by atoms with van der Waals surface area (Å²) in [4.78, 5) is 14.1. The molecule has 0 radical (unpaired) electrons. The Morgan fingerprint density at radius 2 is 1.88 bits per heavy atom. The van der Waals surface area contributed by atoms with Crippen molar-refractivity contribution in [2.75, 3.05) is 43.4 Å². The molecule has 1 aliphatic rings. The van der Waals surface area contributed by atoms with Crippen LogP contribution in [-0.2, 0) is 17.8 Å². The molecule has 2 aromatic carbocycles. The maximum absolute atomic E-state index is 10.9. The van der Waals surface area contributed by atoms with E-state index in [-0.39, 0.29) is 6.54 Å². The van der Waals surface area contributed by atoms with Gasteiger partial charge in [-0.25, -0.2) is 18.9 Å². The summed E-state index contributed by atoms with van der Waals surface area (Å²) in [6, 6.07) is 15.9. The van der Waals surface area contributed by atoms with Crippen molar-refractivity contribution in [1.82, 2.24) is 29.8 Å². The zero-order chi connectivity index (χ0) is 23.5. The van der Waals surface area contributed by atoms with Crippen LogP contribution >= 0.6 is 0 Å². The van der Waals surface area contributed by atoms with Crippen molar-refractivity contribution in [2.45, 2.75) is 6.54 Å². The van der Waals surface area contributed by atoms with E-state index in [1.807, 2.05) is 24.3 Å². The molecule has 176 valence electrons. The second-order valence-electron chi connectivity index (χ2n) is 8.26. The van der Waals surface area contributed by atoms with Crippen molar-refractivity contribution >= 4 is 39.5 Å². The van der Waals surface area contributed by atoms with Gasteiger partial charge in [-0.15, -0.1) is 0 Å². The van der Waals surface area contributed by atoms with Crippen LogP contribution < -0.4 is 14.9 Å². The van der Waals surface area contributed by atoms with Gasteiger partial charge in [0.25, 0.3) is 0 Å².